The minimum Gasteiger partial charge on any atom is -1.00 e. The second kappa shape index (κ2) is 10.2. The molecule has 38 valence electrons. The number of rotatable bonds is 3. The van der Waals surface area contributed by atoms with E-state index in [0.717, 1.165) is 6.42 Å². The third-order valence-electron chi connectivity index (χ3n) is 0.390. The van der Waals surface area contributed by atoms with Crippen molar-refractivity contribution < 1.29 is 62.3 Å². The van der Waals surface area contributed by atoms with Crippen molar-refractivity contribution in [2.45, 2.75) is 13.3 Å². The third kappa shape index (κ3) is 11.0. The van der Waals surface area contributed by atoms with E-state index in [2.05, 4.69) is 4.74 Å². The summed E-state index contributed by atoms with van der Waals surface area (Å²) in [6, 6.07) is 0. The van der Waals surface area contributed by atoms with E-state index in [9.17, 15) is 4.79 Å². The number of hydrogen-bond donors (Lipinski definition) is 0. The van der Waals surface area contributed by atoms with Crippen LogP contribution in [0.3, 0.4) is 0 Å². The molecule has 0 aliphatic carbocycles. The van der Waals surface area contributed by atoms with E-state index in [1.165, 1.54) is 0 Å². The molecule has 0 aromatic rings. The van der Waals surface area contributed by atoms with Gasteiger partial charge in [-0.05, 0) is 6.42 Å². The Balaban J connectivity index is -0.000000125. The fourth-order valence-corrected chi connectivity index (χ4v) is 0.166. The van der Waals surface area contributed by atoms with Gasteiger partial charge in [0, 0.05) is 0 Å². The van der Waals surface area contributed by atoms with Crippen molar-refractivity contribution in [2.75, 3.05) is 6.61 Å². The molecule has 0 aliphatic rings. The van der Waals surface area contributed by atoms with Crippen molar-refractivity contribution >= 4 is 6.47 Å². The normalized spacial score (nSPS) is 6.43. The molecule has 0 heterocycles. The zero-order valence-electron chi connectivity index (χ0n) is 5.81. The quantitative estimate of drug-likeness (QED) is 0.242. The predicted octanol–water partition coefficient (Wildman–Crippen LogP) is -2.31. The number of carbonyl (C=O) groups excluding carboxylic acids is 1. The van der Waals surface area contributed by atoms with E-state index in [1.807, 2.05) is 6.92 Å². The number of carbonyl (C=O) groups is 1. The zero-order valence-corrected chi connectivity index (χ0v) is 7.93. The molecule has 0 aromatic heterocycles. The summed E-state index contributed by atoms with van der Waals surface area (Å²) in [6.45, 7) is 2.95. The minimum absolute atomic E-state index is 0. The van der Waals surface area contributed by atoms with E-state index in [4.69, 9.17) is 0 Å². The molecule has 0 amide bonds. The molecule has 0 atom stereocenters. The average Bonchev–Trinajstić information content (AvgIpc) is 1.61. The summed E-state index contributed by atoms with van der Waals surface area (Å²) in [5.41, 5.74) is 0. The molecule has 0 unspecified atom stereocenters. The topological polar surface area (TPSA) is 26.3 Å². The maximum absolute atomic E-state index is 9.34. The standard InChI is InChI=1S/C4H8O2.K.H/c1-2-3-6-4-5;;/h4H,2-3H2,1H3;;/q;+1;-1. The SMILES string of the molecule is CCCOC=O.[H-].[K+]. The van der Waals surface area contributed by atoms with Gasteiger partial charge < -0.3 is 6.16 Å². The monoisotopic (exact) mass is 128 g/mol. The Bertz CT molecular complexity index is 43.0. The summed E-state index contributed by atoms with van der Waals surface area (Å²) in [7, 11) is 0. The summed E-state index contributed by atoms with van der Waals surface area (Å²) >= 11 is 0. The number of hydrogen-bond acceptors (Lipinski definition) is 2. The summed E-state index contributed by atoms with van der Waals surface area (Å²) in [4.78, 5) is 9.34. The van der Waals surface area contributed by atoms with Crippen LogP contribution >= 0.6 is 0 Å². The molecule has 0 radical (unpaired) electrons. The molecule has 2 nitrogen and oxygen atoms in total. The first-order valence-electron chi connectivity index (χ1n) is 1.97. The van der Waals surface area contributed by atoms with Gasteiger partial charge in [-0.25, -0.2) is 0 Å². The zero-order chi connectivity index (χ0) is 4.83. The van der Waals surface area contributed by atoms with Crippen LogP contribution in [0, 0.1) is 0 Å². The summed E-state index contributed by atoms with van der Waals surface area (Å²) in [6.07, 6.45) is 0.902. The Labute approximate surface area is 87.5 Å². The Morgan fingerprint density at radius 3 is 2.57 bits per heavy atom. The van der Waals surface area contributed by atoms with Crippen LogP contribution in [-0.2, 0) is 9.53 Å². The molecule has 0 rings (SSSR count). The molecule has 7 heavy (non-hydrogen) atoms. The molecule has 0 spiro atoms. The maximum Gasteiger partial charge on any atom is 1.00 e. The summed E-state index contributed by atoms with van der Waals surface area (Å²) < 4.78 is 4.30. The van der Waals surface area contributed by atoms with Crippen LogP contribution in [-0.4, -0.2) is 13.1 Å². The Morgan fingerprint density at radius 2 is 2.43 bits per heavy atom. The van der Waals surface area contributed by atoms with Crippen LogP contribution in [0.4, 0.5) is 0 Å². The smallest absolute Gasteiger partial charge is 1.00 e. The first-order chi connectivity index (χ1) is 2.91. The molecule has 3 heteroatoms. The minimum atomic E-state index is 0. The van der Waals surface area contributed by atoms with Crippen LogP contribution in [0.2, 0.25) is 0 Å². The third-order valence-corrected chi connectivity index (χ3v) is 0.390. The Morgan fingerprint density at radius 1 is 1.86 bits per heavy atom. The fraction of sp³-hybridized carbons (Fsp3) is 0.750. The van der Waals surface area contributed by atoms with Crippen LogP contribution in [0.1, 0.15) is 14.8 Å². The molecular formula is C4H9KO2. The molecular weight excluding hydrogens is 119 g/mol. The van der Waals surface area contributed by atoms with Gasteiger partial charge in [-0.15, -0.1) is 0 Å². The largest absolute Gasteiger partial charge is 1.00 e. The first kappa shape index (κ1) is 11.0. The molecule has 0 aliphatic heterocycles. The van der Waals surface area contributed by atoms with Gasteiger partial charge in [-0.2, -0.15) is 0 Å². The van der Waals surface area contributed by atoms with Gasteiger partial charge in [-0.1, -0.05) is 6.92 Å². The van der Waals surface area contributed by atoms with Gasteiger partial charge in [0.25, 0.3) is 6.47 Å². The second-order valence-electron chi connectivity index (χ2n) is 0.967. The number of ether oxygens (including phenoxy) is 1. The van der Waals surface area contributed by atoms with Gasteiger partial charge in [0.05, 0.1) is 6.61 Å². The molecule has 0 N–H and O–H groups in total. The van der Waals surface area contributed by atoms with Crippen molar-refractivity contribution in [1.29, 1.82) is 0 Å². The van der Waals surface area contributed by atoms with Gasteiger partial charge in [0.1, 0.15) is 0 Å². The van der Waals surface area contributed by atoms with E-state index in [-0.39, 0.29) is 52.8 Å². The molecule has 0 saturated carbocycles. The molecule has 0 saturated heterocycles. The van der Waals surface area contributed by atoms with Crippen molar-refractivity contribution in [3.8, 4) is 0 Å². The van der Waals surface area contributed by atoms with Crippen molar-refractivity contribution in [2.24, 2.45) is 0 Å². The van der Waals surface area contributed by atoms with Crippen LogP contribution < -0.4 is 51.4 Å². The van der Waals surface area contributed by atoms with E-state index < -0.39 is 0 Å². The molecule has 0 fully saturated rings. The Hall–Kier alpha value is 1.11. The van der Waals surface area contributed by atoms with Crippen LogP contribution in [0.5, 0.6) is 0 Å². The first-order valence-corrected chi connectivity index (χ1v) is 1.97. The Kier molecular flexibility index (Phi) is 15.9. The molecule has 0 bridgehead atoms. The predicted molar refractivity (Wildman–Crippen MR) is 23.4 cm³/mol. The summed E-state index contributed by atoms with van der Waals surface area (Å²) in [5.74, 6) is 0. The fourth-order valence-electron chi connectivity index (χ4n) is 0.166. The average molecular weight is 128 g/mol. The van der Waals surface area contributed by atoms with Gasteiger partial charge in [-0.3, -0.25) is 4.79 Å². The molecule has 0 aromatic carbocycles. The van der Waals surface area contributed by atoms with Crippen molar-refractivity contribution in [1.82, 2.24) is 0 Å². The summed E-state index contributed by atoms with van der Waals surface area (Å²) in [5, 5.41) is 0. The van der Waals surface area contributed by atoms with E-state index in [0.29, 0.717) is 13.1 Å². The van der Waals surface area contributed by atoms with Crippen LogP contribution in [0.15, 0.2) is 0 Å². The van der Waals surface area contributed by atoms with E-state index >= 15 is 0 Å². The van der Waals surface area contributed by atoms with Crippen LogP contribution in [0.25, 0.3) is 0 Å². The van der Waals surface area contributed by atoms with Gasteiger partial charge in [0.15, 0.2) is 0 Å². The van der Waals surface area contributed by atoms with Crippen molar-refractivity contribution in [3.63, 3.8) is 0 Å². The van der Waals surface area contributed by atoms with Gasteiger partial charge >= 0.3 is 51.4 Å². The second-order valence-corrected chi connectivity index (χ2v) is 0.967. The van der Waals surface area contributed by atoms with Gasteiger partial charge in [0.2, 0.25) is 0 Å². The maximum atomic E-state index is 9.34. The van der Waals surface area contributed by atoms with Crippen molar-refractivity contribution in [3.05, 3.63) is 0 Å². The van der Waals surface area contributed by atoms with E-state index in [1.54, 1.807) is 0 Å².